The largest absolute Gasteiger partial charge is 0.871 e. The van der Waals surface area contributed by atoms with E-state index in [9.17, 15) is 9.90 Å². The molecule has 0 atom stereocenters. The van der Waals surface area contributed by atoms with Crippen LogP contribution in [-0.4, -0.2) is 5.78 Å². The molecular weight excluding hydrogens is 520 g/mol. The van der Waals surface area contributed by atoms with Gasteiger partial charge >= 0.3 is 11.5 Å². The molecule has 2 heterocycles. The summed E-state index contributed by atoms with van der Waals surface area (Å²) in [6, 6.07) is 19.8. The van der Waals surface area contributed by atoms with Crippen LogP contribution in [0.2, 0.25) is 0 Å². The highest BCUT2D eigenvalue weighted by Crippen LogP contribution is 2.40. The standard InChI is InChI=1S/C38H38O4/c1-23-13-9-11-15-27(23)31-19-25(20-32(41-31)28-16-12-10-14-24(28)2)17-29-35(39)30(36(29)40)18-26-21-33(37(3,4)5)42-34(22-26)38(6,7)8/h9-22H,1-8H3. The third kappa shape index (κ3) is 5.80. The van der Waals surface area contributed by atoms with E-state index in [0.717, 1.165) is 44.9 Å². The Morgan fingerprint density at radius 1 is 0.738 bits per heavy atom. The maximum Gasteiger partial charge on any atom is 0.361 e. The molecule has 2 aliphatic rings. The van der Waals surface area contributed by atoms with Gasteiger partial charge in [-0.2, -0.15) is 0 Å². The topological polar surface area (TPSA) is 60.7 Å². The number of ether oxygens (including phenoxy) is 1. The molecule has 1 aliphatic carbocycles. The van der Waals surface area contributed by atoms with E-state index in [4.69, 9.17) is 9.15 Å². The third-order valence-electron chi connectivity index (χ3n) is 7.53. The van der Waals surface area contributed by atoms with Gasteiger partial charge in [0.2, 0.25) is 0 Å². The van der Waals surface area contributed by atoms with E-state index in [1.807, 2.05) is 86.7 Å². The minimum absolute atomic E-state index is 0.173. The first-order valence-corrected chi connectivity index (χ1v) is 14.3. The lowest BCUT2D eigenvalue weighted by Crippen LogP contribution is -2.29. The molecule has 4 heteroatoms. The Hall–Kier alpha value is -4.44. The Morgan fingerprint density at radius 2 is 1.21 bits per heavy atom. The van der Waals surface area contributed by atoms with Crippen molar-refractivity contribution in [2.24, 2.45) is 10.8 Å². The molecule has 0 unspecified atom stereocenters. The van der Waals surface area contributed by atoms with Crippen molar-refractivity contribution in [1.29, 1.82) is 0 Å². The number of Topliss-reactive ketones (excluding diaryl/α,β-unsaturated/α-hetero) is 1. The number of carbonyl (C=O) groups excluding carboxylic acids is 1. The van der Waals surface area contributed by atoms with Crippen LogP contribution >= 0.6 is 0 Å². The minimum Gasteiger partial charge on any atom is -0.871 e. The first kappa shape index (κ1) is 29.1. The SMILES string of the molecule is Cc1ccccc1-c1cc(C=C2C(=O)C(C=C3C=C(C(C)(C)C)OC(C(C)(C)C)=C3)=C2[O-])cc(-c2ccccc2C)[o+]1. The van der Waals surface area contributed by atoms with E-state index in [-0.39, 0.29) is 33.5 Å². The van der Waals surface area contributed by atoms with Crippen LogP contribution in [-0.2, 0) is 9.53 Å². The van der Waals surface area contributed by atoms with Gasteiger partial charge in [0.15, 0.2) is 5.78 Å². The summed E-state index contributed by atoms with van der Waals surface area (Å²) in [5.74, 6) is 2.44. The molecule has 42 heavy (non-hydrogen) atoms. The van der Waals surface area contributed by atoms with Crippen molar-refractivity contribution in [2.75, 3.05) is 0 Å². The van der Waals surface area contributed by atoms with Gasteiger partial charge < -0.3 is 9.84 Å². The zero-order chi connectivity index (χ0) is 30.4. The highest BCUT2D eigenvalue weighted by Gasteiger charge is 2.31. The molecule has 0 N–H and O–H groups in total. The summed E-state index contributed by atoms with van der Waals surface area (Å²) < 4.78 is 12.6. The van der Waals surface area contributed by atoms with Crippen molar-refractivity contribution in [2.45, 2.75) is 55.4 Å². The number of rotatable bonds is 4. The predicted octanol–water partition coefficient (Wildman–Crippen LogP) is 8.91. The second kappa shape index (κ2) is 10.8. The summed E-state index contributed by atoms with van der Waals surface area (Å²) in [6.45, 7) is 16.6. The van der Waals surface area contributed by atoms with Gasteiger partial charge in [0.1, 0.15) is 11.5 Å². The van der Waals surface area contributed by atoms with E-state index in [1.165, 1.54) is 0 Å². The highest BCUT2D eigenvalue weighted by atomic mass is 16.5. The molecule has 1 aliphatic heterocycles. The molecule has 1 aromatic heterocycles. The number of allylic oxidation sites excluding steroid dienone is 8. The van der Waals surface area contributed by atoms with Crippen molar-refractivity contribution >= 4 is 11.9 Å². The summed E-state index contributed by atoms with van der Waals surface area (Å²) in [5.41, 5.74) is 5.48. The molecule has 3 aromatic rings. The zero-order valence-corrected chi connectivity index (χ0v) is 25.7. The first-order valence-electron chi connectivity index (χ1n) is 14.3. The smallest absolute Gasteiger partial charge is 0.361 e. The predicted molar refractivity (Wildman–Crippen MR) is 168 cm³/mol. The average Bonchev–Trinajstić information content (AvgIpc) is 2.93. The lowest BCUT2D eigenvalue weighted by molar-refractivity contribution is -0.300. The molecule has 214 valence electrons. The van der Waals surface area contributed by atoms with Gasteiger partial charge in [-0.15, -0.1) is 0 Å². The number of aryl methyl sites for hydroxylation is 2. The first-order chi connectivity index (χ1) is 19.7. The van der Waals surface area contributed by atoms with Gasteiger partial charge in [0.25, 0.3) is 0 Å². The fourth-order valence-electron chi connectivity index (χ4n) is 4.94. The van der Waals surface area contributed by atoms with Crippen LogP contribution in [0.15, 0.2) is 117 Å². The van der Waals surface area contributed by atoms with E-state index in [2.05, 4.69) is 41.5 Å². The van der Waals surface area contributed by atoms with Crippen molar-refractivity contribution in [3.8, 4) is 22.6 Å². The monoisotopic (exact) mass is 558 g/mol. The fourth-order valence-corrected chi connectivity index (χ4v) is 4.94. The van der Waals surface area contributed by atoms with Gasteiger partial charge in [-0.1, -0.05) is 83.7 Å². The third-order valence-corrected chi connectivity index (χ3v) is 7.53. The van der Waals surface area contributed by atoms with Crippen LogP contribution in [0.3, 0.4) is 0 Å². The second-order valence-electron chi connectivity index (χ2n) is 13.1. The molecule has 5 rings (SSSR count). The van der Waals surface area contributed by atoms with E-state index in [0.29, 0.717) is 11.5 Å². The molecule has 0 fully saturated rings. The van der Waals surface area contributed by atoms with Crippen LogP contribution in [0, 0.1) is 24.7 Å². The molecule has 2 aromatic carbocycles. The number of hydrogen-bond donors (Lipinski definition) is 0. The van der Waals surface area contributed by atoms with Gasteiger partial charge in [-0.05, 0) is 72.5 Å². The Balaban J connectivity index is 1.59. The van der Waals surface area contributed by atoms with Crippen LogP contribution in [0.4, 0.5) is 0 Å². The molecule has 0 saturated heterocycles. The van der Waals surface area contributed by atoms with Crippen molar-refractivity contribution < 1.29 is 19.1 Å². The highest BCUT2D eigenvalue weighted by molar-refractivity contribution is 6.23. The molecular formula is C38H38O4. The van der Waals surface area contributed by atoms with Crippen molar-refractivity contribution in [1.82, 2.24) is 0 Å². The molecule has 0 bridgehead atoms. The van der Waals surface area contributed by atoms with Gasteiger partial charge in [-0.25, -0.2) is 4.42 Å². The Morgan fingerprint density at radius 3 is 1.64 bits per heavy atom. The quantitative estimate of drug-likeness (QED) is 0.237. The normalized spacial score (nSPS) is 16.6. The van der Waals surface area contributed by atoms with Gasteiger partial charge in [-0.3, -0.25) is 4.79 Å². The van der Waals surface area contributed by atoms with Crippen molar-refractivity contribution in [3.63, 3.8) is 0 Å². The van der Waals surface area contributed by atoms with E-state index in [1.54, 1.807) is 12.2 Å². The fraction of sp³-hybridized carbons (Fsp3) is 0.263. The Bertz CT molecular complexity index is 1650. The maximum atomic E-state index is 13.4. The number of carbonyl (C=O) groups is 1. The van der Waals surface area contributed by atoms with Crippen LogP contribution in [0.1, 0.15) is 58.2 Å². The van der Waals surface area contributed by atoms with Crippen LogP contribution in [0.5, 0.6) is 0 Å². The summed E-state index contributed by atoms with van der Waals surface area (Å²) in [5, 5.41) is 13.4. The summed E-state index contributed by atoms with van der Waals surface area (Å²) in [6.07, 6.45) is 7.22. The number of hydrogen-bond acceptors (Lipinski definition) is 3. The number of benzene rings is 2. The average molecular weight is 559 g/mol. The molecule has 0 saturated carbocycles. The summed E-state index contributed by atoms with van der Waals surface area (Å²) >= 11 is 0. The Labute approximate surface area is 249 Å². The molecule has 0 radical (unpaired) electrons. The van der Waals surface area contributed by atoms with Crippen molar-refractivity contribution in [3.05, 3.63) is 130 Å². The van der Waals surface area contributed by atoms with E-state index < -0.39 is 0 Å². The maximum absolute atomic E-state index is 13.4. The lowest BCUT2D eigenvalue weighted by atomic mass is 9.83. The zero-order valence-electron chi connectivity index (χ0n) is 25.7. The van der Waals surface area contributed by atoms with Gasteiger partial charge in [0.05, 0.1) is 23.3 Å². The van der Waals surface area contributed by atoms with Crippen LogP contribution < -0.4 is 5.11 Å². The van der Waals surface area contributed by atoms with E-state index >= 15 is 0 Å². The molecule has 4 nitrogen and oxygen atoms in total. The lowest BCUT2D eigenvalue weighted by Gasteiger charge is -2.33. The second-order valence-corrected chi connectivity index (χ2v) is 13.1. The molecule has 0 amide bonds. The Kier molecular flexibility index (Phi) is 7.44. The summed E-state index contributed by atoms with van der Waals surface area (Å²) in [4.78, 5) is 13.4. The van der Waals surface area contributed by atoms with Crippen LogP contribution in [0.25, 0.3) is 28.7 Å². The van der Waals surface area contributed by atoms with Gasteiger partial charge in [0, 0.05) is 22.0 Å². The number of ketones is 1. The molecule has 0 spiro atoms. The summed E-state index contributed by atoms with van der Waals surface area (Å²) in [7, 11) is 0. The minimum atomic E-state index is -0.258.